The van der Waals surface area contributed by atoms with Crippen LogP contribution in [0.1, 0.15) is 17.2 Å². The van der Waals surface area contributed by atoms with Crippen molar-refractivity contribution in [1.29, 1.82) is 0 Å². The average molecular weight is 493 g/mol. The number of carbonyl (C=O) groups excluding carboxylic acids is 1. The first-order valence-corrected chi connectivity index (χ1v) is 10.9. The zero-order chi connectivity index (χ0) is 22.5. The quantitative estimate of drug-likeness (QED) is 0.228. The summed E-state index contributed by atoms with van der Waals surface area (Å²) in [6, 6.07) is 21.3. The second kappa shape index (κ2) is 9.76. The number of para-hydroxylation sites is 1. The molecule has 32 heavy (non-hydrogen) atoms. The van der Waals surface area contributed by atoms with Crippen molar-refractivity contribution >= 4 is 44.1 Å². The van der Waals surface area contributed by atoms with Crippen molar-refractivity contribution in [2.45, 2.75) is 12.5 Å². The number of anilines is 1. The van der Waals surface area contributed by atoms with E-state index in [1.54, 1.807) is 0 Å². The van der Waals surface area contributed by atoms with Crippen molar-refractivity contribution in [3.05, 3.63) is 105 Å². The number of benzene rings is 3. The van der Waals surface area contributed by atoms with E-state index in [9.17, 15) is 14.9 Å². The third-order valence-corrected chi connectivity index (χ3v) is 5.89. The van der Waals surface area contributed by atoms with Crippen LogP contribution in [0.25, 0.3) is 10.9 Å². The van der Waals surface area contributed by atoms with E-state index >= 15 is 0 Å². The number of non-ortho nitro benzene ring substituents is 1. The monoisotopic (exact) mass is 492 g/mol. The molecule has 0 radical (unpaired) electrons. The predicted octanol–water partition coefficient (Wildman–Crippen LogP) is 5.35. The summed E-state index contributed by atoms with van der Waals surface area (Å²) >= 11 is 3.31. The molecular formula is C24H21BrN4O3. The summed E-state index contributed by atoms with van der Waals surface area (Å²) in [7, 11) is 0. The maximum Gasteiger partial charge on any atom is 0.270 e. The van der Waals surface area contributed by atoms with Crippen LogP contribution in [0.15, 0.2) is 83.5 Å². The Morgan fingerprint density at radius 3 is 2.56 bits per heavy atom. The maximum absolute atomic E-state index is 13.2. The lowest BCUT2D eigenvalue weighted by Gasteiger charge is -2.19. The number of nitrogens with one attached hydrogen (secondary N) is 3. The predicted molar refractivity (Wildman–Crippen MR) is 129 cm³/mol. The number of nitro benzene ring substituents is 1. The van der Waals surface area contributed by atoms with Gasteiger partial charge in [0.1, 0.15) is 6.04 Å². The molecule has 0 bridgehead atoms. The molecule has 0 fully saturated rings. The van der Waals surface area contributed by atoms with E-state index in [1.807, 2.05) is 54.7 Å². The van der Waals surface area contributed by atoms with Gasteiger partial charge in [0.05, 0.1) is 10.6 Å². The number of nitro groups is 1. The third-order valence-electron chi connectivity index (χ3n) is 5.23. The first-order valence-electron chi connectivity index (χ1n) is 10.1. The molecule has 3 aromatic carbocycles. The van der Waals surface area contributed by atoms with Gasteiger partial charge in [0.15, 0.2) is 0 Å². The highest BCUT2D eigenvalue weighted by Crippen LogP contribution is 2.28. The number of hydrogen-bond donors (Lipinski definition) is 3. The lowest BCUT2D eigenvalue weighted by atomic mass is 10.0. The Morgan fingerprint density at radius 2 is 1.81 bits per heavy atom. The molecular weight excluding hydrogens is 472 g/mol. The van der Waals surface area contributed by atoms with Crippen molar-refractivity contribution in [3.8, 4) is 0 Å². The van der Waals surface area contributed by atoms with Gasteiger partial charge in [-0.05, 0) is 45.6 Å². The van der Waals surface area contributed by atoms with Gasteiger partial charge in [-0.1, -0.05) is 48.5 Å². The molecule has 7 nitrogen and oxygen atoms in total. The van der Waals surface area contributed by atoms with Crippen LogP contribution in [0, 0.1) is 10.1 Å². The zero-order valence-electron chi connectivity index (χ0n) is 17.0. The van der Waals surface area contributed by atoms with E-state index in [4.69, 9.17) is 0 Å². The van der Waals surface area contributed by atoms with Crippen LogP contribution in [-0.2, 0) is 11.2 Å². The number of amides is 1. The molecule has 1 heterocycles. The van der Waals surface area contributed by atoms with Crippen LogP contribution < -0.4 is 10.6 Å². The van der Waals surface area contributed by atoms with Gasteiger partial charge in [-0.25, -0.2) is 0 Å². The van der Waals surface area contributed by atoms with Crippen molar-refractivity contribution in [2.75, 3.05) is 11.9 Å². The number of aromatic nitrogens is 1. The molecule has 3 N–H and O–H groups in total. The lowest BCUT2D eigenvalue weighted by Crippen LogP contribution is -2.34. The summed E-state index contributed by atoms with van der Waals surface area (Å²) in [6.45, 7) is 0.594. The number of H-pyrrole nitrogens is 1. The Bertz CT molecular complexity index is 1260. The molecule has 1 aromatic heterocycles. The molecule has 0 saturated carbocycles. The molecule has 8 heteroatoms. The van der Waals surface area contributed by atoms with E-state index < -0.39 is 11.0 Å². The van der Waals surface area contributed by atoms with Crippen LogP contribution >= 0.6 is 15.9 Å². The highest BCUT2D eigenvalue weighted by Gasteiger charge is 2.21. The van der Waals surface area contributed by atoms with Gasteiger partial charge in [-0.3, -0.25) is 14.9 Å². The second-order valence-electron chi connectivity index (χ2n) is 7.32. The highest BCUT2D eigenvalue weighted by atomic mass is 79.9. The second-order valence-corrected chi connectivity index (χ2v) is 8.17. The van der Waals surface area contributed by atoms with E-state index in [-0.39, 0.29) is 11.6 Å². The molecule has 162 valence electrons. The Hall–Kier alpha value is -3.49. The molecule has 0 spiro atoms. The van der Waals surface area contributed by atoms with Crippen molar-refractivity contribution < 1.29 is 9.72 Å². The molecule has 0 aliphatic rings. The molecule has 1 atom stereocenters. The normalized spacial score (nSPS) is 11.9. The summed E-state index contributed by atoms with van der Waals surface area (Å²) in [5.74, 6) is -0.246. The topological polar surface area (TPSA) is 100 Å². The van der Waals surface area contributed by atoms with E-state index in [1.165, 1.54) is 29.1 Å². The molecule has 0 saturated heterocycles. The minimum atomic E-state index is -0.580. The van der Waals surface area contributed by atoms with Crippen LogP contribution in [0.3, 0.4) is 0 Å². The first-order chi connectivity index (χ1) is 15.5. The van der Waals surface area contributed by atoms with Crippen molar-refractivity contribution in [2.24, 2.45) is 0 Å². The van der Waals surface area contributed by atoms with Gasteiger partial charge in [0.25, 0.3) is 5.69 Å². The van der Waals surface area contributed by atoms with Gasteiger partial charge in [-0.2, -0.15) is 0 Å². The van der Waals surface area contributed by atoms with Crippen molar-refractivity contribution in [3.63, 3.8) is 0 Å². The average Bonchev–Trinajstić information content (AvgIpc) is 3.21. The fourth-order valence-electron chi connectivity index (χ4n) is 3.62. The summed E-state index contributed by atoms with van der Waals surface area (Å²) < 4.78 is 0.450. The van der Waals surface area contributed by atoms with Crippen LogP contribution in [0.5, 0.6) is 0 Å². The lowest BCUT2D eigenvalue weighted by molar-refractivity contribution is -0.384. The summed E-state index contributed by atoms with van der Waals surface area (Å²) in [6.07, 6.45) is 2.75. The third kappa shape index (κ3) is 4.87. The fraction of sp³-hybridized carbons (Fsp3) is 0.125. The highest BCUT2D eigenvalue weighted by molar-refractivity contribution is 9.10. The molecule has 4 rings (SSSR count). The molecule has 1 amide bonds. The molecule has 1 unspecified atom stereocenters. The number of halogens is 1. The molecule has 0 aliphatic carbocycles. The zero-order valence-corrected chi connectivity index (χ0v) is 18.6. The van der Waals surface area contributed by atoms with E-state index in [2.05, 4.69) is 37.6 Å². The standard InChI is InChI=1S/C24H21BrN4O3/c25-20-14-18(29(31)32)10-11-22(20)28-24(30)23(16-6-2-1-3-7-16)26-13-12-17-15-27-21-9-5-4-8-19(17)21/h1-11,14-15,23,26-27H,12-13H2,(H,28,30). The Labute approximate surface area is 193 Å². The van der Waals surface area contributed by atoms with E-state index in [0.29, 0.717) is 16.7 Å². The summed E-state index contributed by atoms with van der Waals surface area (Å²) in [5, 5.41) is 18.4. The number of nitrogens with zero attached hydrogens (tertiary/aromatic N) is 1. The van der Waals surface area contributed by atoms with Crippen LogP contribution in [0.2, 0.25) is 0 Å². The smallest absolute Gasteiger partial charge is 0.270 e. The van der Waals surface area contributed by atoms with E-state index in [0.717, 1.165) is 17.5 Å². The van der Waals surface area contributed by atoms with Crippen LogP contribution in [0.4, 0.5) is 11.4 Å². The van der Waals surface area contributed by atoms with Gasteiger partial charge in [0.2, 0.25) is 5.91 Å². The number of rotatable bonds is 8. The Balaban J connectivity index is 1.49. The van der Waals surface area contributed by atoms with Gasteiger partial charge in [0, 0.05) is 40.2 Å². The van der Waals surface area contributed by atoms with Crippen LogP contribution in [-0.4, -0.2) is 22.4 Å². The molecule has 4 aromatic rings. The minimum absolute atomic E-state index is 0.0497. The number of aromatic amines is 1. The number of fused-ring (bicyclic) bond motifs is 1. The SMILES string of the molecule is O=C(Nc1ccc([N+](=O)[O-])cc1Br)C(NCCc1c[nH]c2ccccc12)c1ccccc1. The first kappa shape index (κ1) is 21.7. The molecule has 0 aliphatic heterocycles. The number of hydrogen-bond acceptors (Lipinski definition) is 4. The Morgan fingerprint density at radius 1 is 1.06 bits per heavy atom. The van der Waals surface area contributed by atoms with Gasteiger partial charge >= 0.3 is 0 Å². The number of carbonyl (C=O) groups is 1. The van der Waals surface area contributed by atoms with Gasteiger partial charge < -0.3 is 15.6 Å². The Kier molecular flexibility index (Phi) is 6.63. The van der Waals surface area contributed by atoms with Crippen molar-refractivity contribution in [1.82, 2.24) is 10.3 Å². The minimum Gasteiger partial charge on any atom is -0.361 e. The maximum atomic E-state index is 13.2. The summed E-state index contributed by atoms with van der Waals surface area (Å²) in [5.41, 5.74) is 3.52. The summed E-state index contributed by atoms with van der Waals surface area (Å²) in [4.78, 5) is 26.9. The largest absolute Gasteiger partial charge is 0.361 e. The fourth-order valence-corrected chi connectivity index (χ4v) is 4.09. The van der Waals surface area contributed by atoms with Gasteiger partial charge in [-0.15, -0.1) is 0 Å².